The number of sulfonamides is 1. The molecule has 0 aliphatic rings. The van der Waals surface area contributed by atoms with Crippen molar-refractivity contribution in [2.45, 2.75) is 14.7 Å². The van der Waals surface area contributed by atoms with Crippen molar-refractivity contribution in [1.82, 2.24) is 4.72 Å². The van der Waals surface area contributed by atoms with E-state index in [-0.39, 0.29) is 4.90 Å². The van der Waals surface area contributed by atoms with Crippen LogP contribution in [0.5, 0.6) is 0 Å². The first-order valence-electron chi connectivity index (χ1n) is 4.91. The van der Waals surface area contributed by atoms with Gasteiger partial charge in [0.1, 0.15) is 6.04 Å². The van der Waals surface area contributed by atoms with Crippen molar-refractivity contribution < 1.29 is 13.2 Å². The Morgan fingerprint density at radius 1 is 1.21 bits per heavy atom. The van der Waals surface area contributed by atoms with Gasteiger partial charge in [0.25, 0.3) is 0 Å². The molecule has 1 aromatic carbocycles. The molecule has 19 heavy (non-hydrogen) atoms. The minimum absolute atomic E-state index is 0.0448. The van der Waals surface area contributed by atoms with E-state index >= 15 is 0 Å². The predicted molar refractivity (Wildman–Crippen MR) is 76.6 cm³/mol. The van der Waals surface area contributed by atoms with Crippen LogP contribution >= 0.6 is 46.4 Å². The molecule has 0 fully saturated rings. The SMILES string of the molecule is O=C(CCl)[C@H](NS(=O)(=O)c1ccccc1)C(Cl)(Cl)Cl. The minimum Gasteiger partial charge on any atom is -0.296 e. The fraction of sp³-hybridized carbons (Fsp3) is 0.300. The van der Waals surface area contributed by atoms with Gasteiger partial charge in [-0.05, 0) is 12.1 Å². The largest absolute Gasteiger partial charge is 0.296 e. The van der Waals surface area contributed by atoms with Crippen LogP contribution in [0.4, 0.5) is 0 Å². The summed E-state index contributed by atoms with van der Waals surface area (Å²) in [7, 11) is -3.98. The lowest BCUT2D eigenvalue weighted by Gasteiger charge is -2.23. The van der Waals surface area contributed by atoms with E-state index in [4.69, 9.17) is 46.4 Å². The van der Waals surface area contributed by atoms with Crippen LogP contribution in [0.1, 0.15) is 0 Å². The molecule has 4 nitrogen and oxygen atoms in total. The van der Waals surface area contributed by atoms with Gasteiger partial charge in [0.15, 0.2) is 5.78 Å². The van der Waals surface area contributed by atoms with E-state index in [0.29, 0.717) is 0 Å². The van der Waals surface area contributed by atoms with Gasteiger partial charge in [0.2, 0.25) is 13.8 Å². The third kappa shape index (κ3) is 4.77. The van der Waals surface area contributed by atoms with Gasteiger partial charge in [-0.25, -0.2) is 8.42 Å². The maximum atomic E-state index is 12.0. The topological polar surface area (TPSA) is 63.2 Å². The number of hydrogen-bond acceptors (Lipinski definition) is 3. The average Bonchev–Trinajstić information content (AvgIpc) is 2.35. The minimum atomic E-state index is -3.98. The second-order valence-electron chi connectivity index (χ2n) is 3.51. The van der Waals surface area contributed by atoms with Crippen LogP contribution in [0.25, 0.3) is 0 Å². The van der Waals surface area contributed by atoms with Gasteiger partial charge >= 0.3 is 0 Å². The van der Waals surface area contributed by atoms with Crippen LogP contribution in [-0.2, 0) is 14.8 Å². The molecule has 0 saturated carbocycles. The molecule has 1 atom stereocenters. The Kier molecular flexibility index (Phi) is 5.92. The molecule has 1 N–H and O–H groups in total. The van der Waals surface area contributed by atoms with Crippen molar-refractivity contribution in [2.24, 2.45) is 0 Å². The molecule has 9 heteroatoms. The summed E-state index contributed by atoms with van der Waals surface area (Å²) in [6.45, 7) is 0. The summed E-state index contributed by atoms with van der Waals surface area (Å²) in [6.07, 6.45) is 0. The summed E-state index contributed by atoms with van der Waals surface area (Å²) in [5, 5.41) is 0. The first kappa shape index (κ1) is 17.0. The molecule has 0 amide bonds. The fourth-order valence-electron chi connectivity index (χ4n) is 1.22. The lowest BCUT2D eigenvalue weighted by Crippen LogP contribution is -2.49. The van der Waals surface area contributed by atoms with E-state index in [1.807, 2.05) is 4.72 Å². The molecule has 0 aliphatic heterocycles. The number of nitrogens with one attached hydrogen (secondary N) is 1. The summed E-state index contributed by atoms with van der Waals surface area (Å²) in [6, 6.07) is 5.85. The summed E-state index contributed by atoms with van der Waals surface area (Å²) in [5.41, 5.74) is 0. The van der Waals surface area contributed by atoms with Crippen molar-refractivity contribution in [1.29, 1.82) is 0 Å². The Bertz CT molecular complexity index is 542. The van der Waals surface area contributed by atoms with E-state index in [1.54, 1.807) is 6.07 Å². The smallest absolute Gasteiger partial charge is 0.241 e. The molecular formula is C10H9Cl4NO3S. The highest BCUT2D eigenvalue weighted by atomic mass is 35.6. The van der Waals surface area contributed by atoms with Crippen LogP contribution in [0.15, 0.2) is 35.2 Å². The number of rotatable bonds is 5. The van der Waals surface area contributed by atoms with Crippen molar-refractivity contribution in [3.8, 4) is 0 Å². The van der Waals surface area contributed by atoms with Gasteiger partial charge in [0.05, 0.1) is 10.8 Å². The van der Waals surface area contributed by atoms with Gasteiger partial charge < -0.3 is 0 Å². The van der Waals surface area contributed by atoms with Gasteiger partial charge in [-0.2, -0.15) is 4.72 Å². The maximum Gasteiger partial charge on any atom is 0.241 e. The number of benzene rings is 1. The molecule has 0 aromatic heterocycles. The number of hydrogen-bond donors (Lipinski definition) is 1. The number of ketones is 1. The first-order valence-corrected chi connectivity index (χ1v) is 8.06. The predicted octanol–water partition coefficient (Wildman–Crippen LogP) is 2.51. The normalized spacial score (nSPS) is 14.1. The summed E-state index contributed by atoms with van der Waals surface area (Å²) in [4.78, 5) is 11.5. The Hall–Kier alpha value is -0.0400. The molecule has 1 rings (SSSR count). The van der Waals surface area contributed by atoms with Crippen molar-refractivity contribution in [3.05, 3.63) is 30.3 Å². The second kappa shape index (κ2) is 6.61. The molecule has 106 valence electrons. The molecule has 0 radical (unpaired) electrons. The summed E-state index contributed by atoms with van der Waals surface area (Å²) < 4.78 is 24.0. The summed E-state index contributed by atoms with van der Waals surface area (Å²) in [5.74, 6) is -1.21. The molecule has 0 saturated heterocycles. The molecule has 0 aliphatic carbocycles. The van der Waals surface area contributed by atoms with Crippen molar-refractivity contribution >= 4 is 62.2 Å². The molecule has 1 aromatic rings. The first-order chi connectivity index (χ1) is 8.68. The van der Waals surface area contributed by atoms with Crippen LogP contribution in [0.2, 0.25) is 0 Å². The number of Topliss-reactive ketones (excluding diaryl/α,β-unsaturated/α-hetero) is 1. The van der Waals surface area contributed by atoms with E-state index in [0.717, 1.165) is 0 Å². The number of carbonyl (C=O) groups excluding carboxylic acids is 1. The van der Waals surface area contributed by atoms with Crippen molar-refractivity contribution in [2.75, 3.05) is 5.88 Å². The van der Waals surface area contributed by atoms with E-state index < -0.39 is 31.5 Å². The molecule has 0 bridgehead atoms. The van der Waals surface area contributed by atoms with Gasteiger partial charge in [0, 0.05) is 0 Å². The Morgan fingerprint density at radius 2 is 1.74 bits per heavy atom. The maximum absolute atomic E-state index is 12.0. The molecule has 0 heterocycles. The number of alkyl halides is 4. The van der Waals surface area contributed by atoms with Crippen molar-refractivity contribution in [3.63, 3.8) is 0 Å². The quantitative estimate of drug-likeness (QED) is 0.816. The highest BCUT2D eigenvalue weighted by Crippen LogP contribution is 2.32. The van der Waals surface area contributed by atoms with E-state index in [1.165, 1.54) is 24.3 Å². The zero-order valence-electron chi connectivity index (χ0n) is 9.32. The molecule has 0 unspecified atom stereocenters. The Labute approximate surface area is 131 Å². The lowest BCUT2D eigenvalue weighted by atomic mass is 10.2. The van der Waals surface area contributed by atoms with E-state index in [2.05, 4.69) is 0 Å². The van der Waals surface area contributed by atoms with Crippen LogP contribution in [0.3, 0.4) is 0 Å². The molecule has 0 spiro atoms. The third-order valence-corrected chi connectivity index (χ3v) is 4.46. The molecular weight excluding hydrogens is 356 g/mol. The van der Waals surface area contributed by atoms with Gasteiger partial charge in [-0.15, -0.1) is 11.6 Å². The van der Waals surface area contributed by atoms with Crippen LogP contribution in [0, 0.1) is 0 Å². The average molecular weight is 365 g/mol. The Morgan fingerprint density at radius 3 is 2.16 bits per heavy atom. The monoisotopic (exact) mass is 363 g/mol. The third-order valence-electron chi connectivity index (χ3n) is 2.11. The van der Waals surface area contributed by atoms with Crippen LogP contribution < -0.4 is 4.72 Å². The van der Waals surface area contributed by atoms with E-state index in [9.17, 15) is 13.2 Å². The highest BCUT2D eigenvalue weighted by molar-refractivity contribution is 7.89. The highest BCUT2D eigenvalue weighted by Gasteiger charge is 2.40. The lowest BCUT2D eigenvalue weighted by molar-refractivity contribution is -0.118. The zero-order valence-corrected chi connectivity index (χ0v) is 13.2. The second-order valence-corrected chi connectivity index (χ2v) is 7.86. The zero-order chi connectivity index (χ0) is 14.7. The number of carbonyl (C=O) groups is 1. The number of halogens is 4. The fourth-order valence-corrected chi connectivity index (χ4v) is 3.36. The standard InChI is InChI=1S/C10H9Cl4NO3S/c11-6-8(16)9(10(12,13)14)15-19(17,18)7-4-2-1-3-5-7/h1-5,9,15H,6H2/t9-/m0/s1. The van der Waals surface area contributed by atoms with Gasteiger partial charge in [-0.3, -0.25) is 4.79 Å². The Balaban J connectivity index is 3.07. The summed E-state index contributed by atoms with van der Waals surface area (Å²) >= 11 is 22.1. The van der Waals surface area contributed by atoms with Gasteiger partial charge in [-0.1, -0.05) is 53.0 Å². The van der Waals surface area contributed by atoms with Crippen LogP contribution in [-0.4, -0.2) is 29.9 Å².